The molecule has 0 aliphatic heterocycles. The van der Waals surface area contributed by atoms with Gasteiger partial charge in [0.1, 0.15) is 11.9 Å². The van der Waals surface area contributed by atoms with E-state index in [9.17, 15) is 0 Å². The van der Waals surface area contributed by atoms with E-state index in [1.165, 1.54) is 10.4 Å². The molecule has 2 nitrogen and oxygen atoms in total. The molecule has 1 atom stereocenters. The maximum absolute atomic E-state index is 6.53. The minimum atomic E-state index is -1.85. The van der Waals surface area contributed by atoms with Crippen molar-refractivity contribution in [3.8, 4) is 5.75 Å². The van der Waals surface area contributed by atoms with Crippen molar-refractivity contribution in [2.75, 3.05) is 0 Å². The van der Waals surface area contributed by atoms with Crippen LogP contribution in [0.4, 0.5) is 0 Å². The Morgan fingerprint density at radius 2 is 1.64 bits per heavy atom. The van der Waals surface area contributed by atoms with Crippen molar-refractivity contribution >= 4 is 28.0 Å². The zero-order valence-corrected chi connectivity index (χ0v) is 19.7. The Hall–Kier alpha value is -0.886. The second-order valence-corrected chi connectivity index (χ2v) is 19.2. The molecule has 0 aliphatic rings. The van der Waals surface area contributed by atoms with Crippen molar-refractivity contribution in [1.29, 1.82) is 0 Å². The zero-order valence-electron chi connectivity index (χ0n) is 16.8. The molecule has 0 saturated heterocycles. The molecule has 1 unspecified atom stereocenters. The lowest BCUT2D eigenvalue weighted by Crippen LogP contribution is -2.43. The molecule has 1 aromatic heterocycles. The van der Waals surface area contributed by atoms with Crippen molar-refractivity contribution in [3.63, 3.8) is 0 Å². The Balaban J connectivity index is 2.34. The van der Waals surface area contributed by atoms with Crippen molar-refractivity contribution in [1.82, 2.24) is 0 Å². The van der Waals surface area contributed by atoms with Crippen LogP contribution in [0.1, 0.15) is 37.3 Å². The summed E-state index contributed by atoms with van der Waals surface area (Å²) in [5.74, 6) is 0.963. The van der Waals surface area contributed by atoms with Gasteiger partial charge in [-0.3, -0.25) is 0 Å². The fourth-order valence-electron chi connectivity index (χ4n) is 2.27. The standard InChI is InChI=1S/C20H32O2SSi2/c1-20(2,3)25(7,8)21-17-12-9-11-16(15-17)19(22-24(4,5)6)18-13-10-14-23-18/h9-15,19H,1-8H3. The lowest BCUT2D eigenvalue weighted by molar-refractivity contribution is 0.243. The fraction of sp³-hybridized carbons (Fsp3) is 0.500. The van der Waals surface area contributed by atoms with E-state index in [-0.39, 0.29) is 11.1 Å². The molecule has 0 radical (unpaired) electrons. The second kappa shape index (κ2) is 7.39. The highest BCUT2D eigenvalue weighted by Gasteiger charge is 2.39. The molecule has 0 bridgehead atoms. The van der Waals surface area contributed by atoms with Gasteiger partial charge in [-0.2, -0.15) is 0 Å². The molecule has 1 aromatic carbocycles. The summed E-state index contributed by atoms with van der Waals surface area (Å²) in [4.78, 5) is 1.26. The van der Waals surface area contributed by atoms with E-state index < -0.39 is 16.6 Å². The quantitative estimate of drug-likeness (QED) is 0.489. The number of hydrogen-bond donors (Lipinski definition) is 0. The summed E-state index contributed by atoms with van der Waals surface area (Å²) in [5, 5.41) is 2.30. The van der Waals surface area contributed by atoms with Crippen molar-refractivity contribution in [3.05, 3.63) is 52.2 Å². The lowest BCUT2D eigenvalue weighted by Gasteiger charge is -2.36. The zero-order chi connectivity index (χ0) is 18.9. The minimum Gasteiger partial charge on any atom is -0.543 e. The van der Waals surface area contributed by atoms with Crippen LogP contribution in [0, 0.1) is 0 Å². The normalized spacial score (nSPS) is 14.4. The van der Waals surface area contributed by atoms with E-state index in [4.69, 9.17) is 8.85 Å². The highest BCUT2D eigenvalue weighted by Crippen LogP contribution is 2.39. The molecule has 25 heavy (non-hydrogen) atoms. The summed E-state index contributed by atoms with van der Waals surface area (Å²) in [7, 11) is -3.52. The van der Waals surface area contributed by atoms with Crippen molar-refractivity contribution < 1.29 is 8.85 Å². The van der Waals surface area contributed by atoms with Crippen LogP contribution in [-0.4, -0.2) is 16.6 Å². The van der Waals surface area contributed by atoms with Crippen LogP contribution in [0.3, 0.4) is 0 Å². The molecular weight excluding hydrogens is 360 g/mol. The molecule has 0 fully saturated rings. The maximum atomic E-state index is 6.53. The van der Waals surface area contributed by atoms with Crippen LogP contribution in [0.2, 0.25) is 37.8 Å². The maximum Gasteiger partial charge on any atom is 0.250 e. The van der Waals surface area contributed by atoms with Crippen molar-refractivity contribution in [2.45, 2.75) is 64.6 Å². The molecule has 2 rings (SSSR count). The predicted molar refractivity (Wildman–Crippen MR) is 115 cm³/mol. The van der Waals surface area contributed by atoms with E-state index in [2.05, 4.69) is 95.3 Å². The van der Waals surface area contributed by atoms with Gasteiger partial charge in [0, 0.05) is 4.88 Å². The molecule has 2 aromatic rings. The number of benzene rings is 1. The van der Waals surface area contributed by atoms with Crippen LogP contribution in [0.15, 0.2) is 41.8 Å². The number of hydrogen-bond acceptors (Lipinski definition) is 3. The first-order valence-corrected chi connectivity index (χ1v) is 16.1. The number of thiophene rings is 1. The summed E-state index contributed by atoms with van der Waals surface area (Å²) >= 11 is 1.75. The summed E-state index contributed by atoms with van der Waals surface area (Å²) in [6, 6.07) is 12.7. The summed E-state index contributed by atoms with van der Waals surface area (Å²) < 4.78 is 13.0. The molecule has 0 spiro atoms. The number of rotatable bonds is 6. The van der Waals surface area contributed by atoms with Gasteiger partial charge in [0.05, 0.1) is 0 Å². The van der Waals surface area contributed by atoms with Gasteiger partial charge in [-0.15, -0.1) is 11.3 Å². The molecule has 0 N–H and O–H groups in total. The first-order chi connectivity index (χ1) is 11.4. The first-order valence-electron chi connectivity index (χ1n) is 8.89. The fourth-order valence-corrected chi connectivity index (χ4v) is 5.13. The Labute approximate surface area is 159 Å². The Morgan fingerprint density at radius 1 is 0.960 bits per heavy atom. The predicted octanol–water partition coefficient (Wildman–Crippen LogP) is 7.07. The van der Waals surface area contributed by atoms with Crippen LogP contribution in [0.25, 0.3) is 0 Å². The minimum absolute atomic E-state index is 0.00497. The highest BCUT2D eigenvalue weighted by atomic mass is 32.1. The summed E-state index contributed by atoms with van der Waals surface area (Å²) in [6.07, 6.45) is -0.00497. The smallest absolute Gasteiger partial charge is 0.250 e. The van der Waals surface area contributed by atoms with Crippen LogP contribution < -0.4 is 4.43 Å². The van der Waals surface area contributed by atoms with Gasteiger partial charge in [0.25, 0.3) is 0 Å². The summed E-state index contributed by atoms with van der Waals surface area (Å²) in [5.41, 5.74) is 1.18. The van der Waals surface area contributed by atoms with Gasteiger partial charge in [-0.25, -0.2) is 0 Å². The van der Waals surface area contributed by atoms with E-state index in [1.807, 2.05) is 0 Å². The van der Waals surface area contributed by atoms with E-state index >= 15 is 0 Å². The van der Waals surface area contributed by atoms with E-state index in [1.54, 1.807) is 11.3 Å². The van der Waals surface area contributed by atoms with Gasteiger partial charge in [-0.05, 0) is 66.9 Å². The third kappa shape index (κ3) is 5.54. The summed E-state index contributed by atoms with van der Waals surface area (Å²) in [6.45, 7) is 18.1. The average molecular weight is 393 g/mol. The lowest BCUT2D eigenvalue weighted by atomic mass is 10.1. The molecule has 1 heterocycles. The third-order valence-electron chi connectivity index (χ3n) is 4.61. The first kappa shape index (κ1) is 20.4. The van der Waals surface area contributed by atoms with Crippen molar-refractivity contribution in [2.24, 2.45) is 0 Å². The van der Waals surface area contributed by atoms with Gasteiger partial charge in [-0.1, -0.05) is 39.0 Å². The third-order valence-corrected chi connectivity index (χ3v) is 10.8. The van der Waals surface area contributed by atoms with Crippen LogP contribution in [0.5, 0.6) is 5.75 Å². The largest absolute Gasteiger partial charge is 0.543 e. The average Bonchev–Trinajstić information content (AvgIpc) is 2.96. The molecule has 5 heteroatoms. The monoisotopic (exact) mass is 392 g/mol. The van der Waals surface area contributed by atoms with E-state index in [0.717, 1.165) is 5.75 Å². The molecule has 0 aliphatic carbocycles. The SMILES string of the molecule is CC(C)(C)[Si](C)(C)Oc1cccc(C(O[Si](C)(C)C)c2cccs2)c1. The Kier molecular flexibility index (Phi) is 6.04. The van der Waals surface area contributed by atoms with Gasteiger partial charge in [0.15, 0.2) is 8.32 Å². The van der Waals surface area contributed by atoms with Crippen LogP contribution in [-0.2, 0) is 4.43 Å². The molecular formula is C20H32O2SSi2. The molecule has 0 saturated carbocycles. The van der Waals surface area contributed by atoms with E-state index in [0.29, 0.717) is 0 Å². The van der Waals surface area contributed by atoms with Gasteiger partial charge >= 0.3 is 0 Å². The molecule has 0 amide bonds. The highest BCUT2D eigenvalue weighted by molar-refractivity contribution is 7.10. The topological polar surface area (TPSA) is 18.5 Å². The molecule has 138 valence electrons. The Bertz CT molecular complexity index is 682. The Morgan fingerprint density at radius 3 is 2.16 bits per heavy atom. The van der Waals surface area contributed by atoms with Gasteiger partial charge < -0.3 is 8.85 Å². The second-order valence-electron chi connectivity index (χ2n) is 9.06. The van der Waals surface area contributed by atoms with Crippen LogP contribution >= 0.6 is 11.3 Å². The van der Waals surface area contributed by atoms with Gasteiger partial charge in [0.2, 0.25) is 8.32 Å².